The third-order valence-electron chi connectivity index (χ3n) is 2.85. The lowest BCUT2D eigenvalue weighted by molar-refractivity contribution is -0.138. The number of ether oxygens (including phenoxy) is 1. The number of nitrogens with one attached hydrogen (secondary N) is 1. The number of anilines is 1. The topological polar surface area (TPSA) is 71.5 Å². The van der Waals surface area contributed by atoms with Crippen molar-refractivity contribution in [1.82, 2.24) is 9.88 Å². The summed E-state index contributed by atoms with van der Waals surface area (Å²) in [7, 11) is 1.54. The molecule has 1 saturated heterocycles. The van der Waals surface area contributed by atoms with E-state index >= 15 is 0 Å². The lowest BCUT2D eigenvalue weighted by Gasteiger charge is -2.13. The van der Waals surface area contributed by atoms with E-state index in [1.54, 1.807) is 25.3 Å². The zero-order chi connectivity index (χ0) is 13.1. The molecule has 18 heavy (non-hydrogen) atoms. The first-order valence-electron chi connectivity index (χ1n) is 5.76. The van der Waals surface area contributed by atoms with Gasteiger partial charge in [0.2, 0.25) is 11.8 Å². The Morgan fingerprint density at radius 3 is 2.78 bits per heavy atom. The van der Waals surface area contributed by atoms with Crippen molar-refractivity contribution >= 4 is 17.5 Å². The Bertz CT molecular complexity index is 458. The lowest BCUT2D eigenvalue weighted by Crippen LogP contribution is -2.34. The Morgan fingerprint density at radius 1 is 1.50 bits per heavy atom. The van der Waals surface area contributed by atoms with Crippen LogP contribution in [0, 0.1) is 0 Å². The fraction of sp³-hybridized carbons (Fsp3) is 0.417. The Kier molecular flexibility index (Phi) is 3.45. The van der Waals surface area contributed by atoms with E-state index in [4.69, 9.17) is 4.74 Å². The van der Waals surface area contributed by atoms with Gasteiger partial charge in [0, 0.05) is 12.6 Å². The molecule has 1 aliphatic rings. The molecule has 2 heterocycles. The summed E-state index contributed by atoms with van der Waals surface area (Å²) in [5.74, 6) is 0.185. The monoisotopic (exact) mass is 249 g/mol. The number of likely N-dealkylation sites (N-methyl/N-ethyl adjacent to an activating group) is 1. The summed E-state index contributed by atoms with van der Waals surface area (Å²) in [6, 6.07) is 2.96. The Balaban J connectivity index is 2.05. The predicted molar refractivity (Wildman–Crippen MR) is 65.2 cm³/mol. The van der Waals surface area contributed by atoms with Crippen molar-refractivity contribution in [3.05, 3.63) is 18.3 Å². The SMILES string of the molecule is CCN1C(=O)CC(Nc2ccc(OC)nc2)C1=O. The highest BCUT2D eigenvalue weighted by Gasteiger charge is 2.37. The molecule has 96 valence electrons. The molecule has 0 radical (unpaired) electrons. The van der Waals surface area contributed by atoms with Crippen LogP contribution < -0.4 is 10.1 Å². The van der Waals surface area contributed by atoms with Crippen molar-refractivity contribution in [2.75, 3.05) is 19.0 Å². The molecule has 1 N–H and O–H groups in total. The fourth-order valence-electron chi connectivity index (χ4n) is 1.92. The van der Waals surface area contributed by atoms with Crippen molar-refractivity contribution < 1.29 is 14.3 Å². The van der Waals surface area contributed by atoms with Gasteiger partial charge in [-0.25, -0.2) is 4.98 Å². The molecule has 2 rings (SSSR count). The number of nitrogens with zero attached hydrogens (tertiary/aromatic N) is 2. The first-order chi connectivity index (χ1) is 8.65. The van der Waals surface area contributed by atoms with Gasteiger partial charge in [-0.3, -0.25) is 14.5 Å². The van der Waals surface area contributed by atoms with E-state index in [9.17, 15) is 9.59 Å². The summed E-state index contributed by atoms with van der Waals surface area (Å²) in [4.78, 5) is 28.7. The van der Waals surface area contributed by atoms with Crippen molar-refractivity contribution in [1.29, 1.82) is 0 Å². The third kappa shape index (κ3) is 2.27. The number of rotatable bonds is 4. The lowest BCUT2D eigenvalue weighted by atomic mass is 10.2. The molecule has 0 saturated carbocycles. The Morgan fingerprint density at radius 2 is 2.28 bits per heavy atom. The van der Waals surface area contributed by atoms with Crippen LogP contribution in [-0.4, -0.2) is 41.4 Å². The smallest absolute Gasteiger partial charge is 0.252 e. The number of imide groups is 1. The van der Waals surface area contributed by atoms with Gasteiger partial charge in [-0.1, -0.05) is 0 Å². The number of hydrogen-bond donors (Lipinski definition) is 1. The van der Waals surface area contributed by atoms with Crippen LogP contribution in [0.25, 0.3) is 0 Å². The highest BCUT2D eigenvalue weighted by atomic mass is 16.5. The summed E-state index contributed by atoms with van der Waals surface area (Å²) >= 11 is 0. The molecule has 6 heteroatoms. The fourth-order valence-corrected chi connectivity index (χ4v) is 1.92. The number of methoxy groups -OCH3 is 1. The standard InChI is InChI=1S/C12H15N3O3/c1-3-15-11(16)6-9(12(15)17)14-8-4-5-10(18-2)13-7-8/h4-5,7,9,14H,3,6H2,1-2H3. The van der Waals surface area contributed by atoms with Gasteiger partial charge in [0.25, 0.3) is 5.91 Å². The van der Waals surface area contributed by atoms with E-state index < -0.39 is 6.04 Å². The summed E-state index contributed by atoms with van der Waals surface area (Å²) in [5.41, 5.74) is 0.694. The van der Waals surface area contributed by atoms with Crippen molar-refractivity contribution in [2.24, 2.45) is 0 Å². The van der Waals surface area contributed by atoms with Crippen LogP contribution in [0.1, 0.15) is 13.3 Å². The molecule has 0 aliphatic carbocycles. The summed E-state index contributed by atoms with van der Waals surface area (Å²) in [6.07, 6.45) is 1.77. The third-order valence-corrected chi connectivity index (χ3v) is 2.85. The molecule has 1 aromatic rings. The predicted octanol–water partition coefficient (Wildman–Crippen LogP) is 0.650. The number of carbonyl (C=O) groups is 2. The van der Waals surface area contributed by atoms with Gasteiger partial charge in [0.05, 0.1) is 25.4 Å². The van der Waals surface area contributed by atoms with E-state index in [0.717, 1.165) is 0 Å². The zero-order valence-electron chi connectivity index (χ0n) is 10.3. The summed E-state index contributed by atoms with van der Waals surface area (Å²) in [5, 5.41) is 3.01. The van der Waals surface area contributed by atoms with Crippen molar-refractivity contribution in [2.45, 2.75) is 19.4 Å². The molecule has 2 amide bonds. The average Bonchev–Trinajstić information content (AvgIpc) is 2.65. The van der Waals surface area contributed by atoms with E-state index in [-0.39, 0.29) is 18.2 Å². The highest BCUT2D eigenvalue weighted by Crippen LogP contribution is 2.18. The van der Waals surface area contributed by atoms with Crippen LogP contribution >= 0.6 is 0 Å². The summed E-state index contributed by atoms with van der Waals surface area (Å²) in [6.45, 7) is 2.20. The molecule has 1 aromatic heterocycles. The van der Waals surface area contributed by atoms with Crippen LogP contribution in [0.4, 0.5) is 5.69 Å². The van der Waals surface area contributed by atoms with Gasteiger partial charge in [-0.15, -0.1) is 0 Å². The Labute approximate surface area is 105 Å². The molecule has 1 atom stereocenters. The van der Waals surface area contributed by atoms with Gasteiger partial charge in [-0.05, 0) is 13.0 Å². The maximum atomic E-state index is 11.9. The number of aromatic nitrogens is 1. The quantitative estimate of drug-likeness (QED) is 0.793. The average molecular weight is 249 g/mol. The number of amides is 2. The minimum atomic E-state index is -0.493. The summed E-state index contributed by atoms with van der Waals surface area (Å²) < 4.78 is 4.94. The van der Waals surface area contributed by atoms with Gasteiger partial charge in [0.15, 0.2) is 0 Å². The second-order valence-electron chi connectivity index (χ2n) is 3.97. The second kappa shape index (κ2) is 5.03. The molecule has 1 aliphatic heterocycles. The molecule has 0 bridgehead atoms. The molecular formula is C12H15N3O3. The maximum Gasteiger partial charge on any atom is 0.252 e. The van der Waals surface area contributed by atoms with Crippen LogP contribution in [0.15, 0.2) is 18.3 Å². The number of pyridine rings is 1. The Hall–Kier alpha value is -2.11. The first kappa shape index (κ1) is 12.3. The van der Waals surface area contributed by atoms with Gasteiger partial charge in [0.1, 0.15) is 6.04 Å². The number of carbonyl (C=O) groups excluding carboxylic acids is 2. The zero-order valence-corrected chi connectivity index (χ0v) is 10.3. The normalized spacial score (nSPS) is 19.2. The van der Waals surface area contributed by atoms with Gasteiger partial charge >= 0.3 is 0 Å². The molecule has 1 unspecified atom stereocenters. The van der Waals surface area contributed by atoms with E-state index in [0.29, 0.717) is 18.1 Å². The van der Waals surface area contributed by atoms with Gasteiger partial charge < -0.3 is 10.1 Å². The van der Waals surface area contributed by atoms with E-state index in [1.807, 2.05) is 0 Å². The van der Waals surface area contributed by atoms with E-state index in [2.05, 4.69) is 10.3 Å². The molecular weight excluding hydrogens is 234 g/mol. The molecule has 6 nitrogen and oxygen atoms in total. The van der Waals surface area contributed by atoms with Crippen LogP contribution in [0.5, 0.6) is 5.88 Å². The minimum Gasteiger partial charge on any atom is -0.481 e. The van der Waals surface area contributed by atoms with E-state index in [1.165, 1.54) is 12.0 Å². The minimum absolute atomic E-state index is 0.138. The maximum absolute atomic E-state index is 11.9. The molecule has 0 spiro atoms. The second-order valence-corrected chi connectivity index (χ2v) is 3.97. The van der Waals surface area contributed by atoms with Crippen LogP contribution in [-0.2, 0) is 9.59 Å². The number of likely N-dealkylation sites (tertiary alicyclic amines) is 1. The van der Waals surface area contributed by atoms with Crippen molar-refractivity contribution in [3.8, 4) is 5.88 Å². The molecule has 0 aromatic carbocycles. The largest absolute Gasteiger partial charge is 0.481 e. The number of hydrogen-bond acceptors (Lipinski definition) is 5. The van der Waals surface area contributed by atoms with Crippen LogP contribution in [0.2, 0.25) is 0 Å². The highest BCUT2D eigenvalue weighted by molar-refractivity contribution is 6.06. The molecule has 1 fully saturated rings. The first-order valence-corrected chi connectivity index (χ1v) is 5.76. The van der Waals surface area contributed by atoms with Crippen molar-refractivity contribution in [3.63, 3.8) is 0 Å². The van der Waals surface area contributed by atoms with Crippen LogP contribution in [0.3, 0.4) is 0 Å². The van der Waals surface area contributed by atoms with Gasteiger partial charge in [-0.2, -0.15) is 0 Å².